The first kappa shape index (κ1) is 6.04. The lowest BCUT2D eigenvalue weighted by Crippen LogP contribution is -1.99. The van der Waals surface area contributed by atoms with Crippen LogP contribution in [0.3, 0.4) is 0 Å². The van der Waals surface area contributed by atoms with Crippen LogP contribution in [0.15, 0.2) is 0 Å². The number of halogens is 1. The van der Waals surface area contributed by atoms with Gasteiger partial charge < -0.3 is 0 Å². The molecule has 0 bridgehead atoms. The van der Waals surface area contributed by atoms with Crippen LogP contribution in [-0.4, -0.2) is 12.3 Å². The topological polar surface area (TPSA) is 12.0 Å². The third kappa shape index (κ3) is 5.04. The fourth-order valence-corrected chi connectivity index (χ4v) is 0.850. The number of hydrogen-bond acceptors (Lipinski definition) is 2. The molecule has 0 atom stereocenters. The van der Waals surface area contributed by atoms with Gasteiger partial charge in [-0.3, -0.25) is 3.53 Å². The average Bonchev–Trinajstić information content (AvgIpc) is 1.41. The minimum absolute atomic E-state index is 0.920. The maximum atomic E-state index is 3.93. The summed E-state index contributed by atoms with van der Waals surface area (Å²) in [5, 5.41) is 0. The molecule has 0 saturated heterocycles. The molecule has 1 nitrogen and oxygen atoms in total. The van der Waals surface area contributed by atoms with Crippen molar-refractivity contribution in [1.29, 1.82) is 0 Å². The van der Waals surface area contributed by atoms with E-state index >= 15 is 0 Å². The van der Waals surface area contributed by atoms with E-state index in [9.17, 15) is 0 Å². The molecule has 0 saturated carbocycles. The second-order valence-corrected chi connectivity index (χ2v) is 1.82. The summed E-state index contributed by atoms with van der Waals surface area (Å²) < 4.78 is 2.91. The molecule has 0 radical (unpaired) electrons. The van der Waals surface area contributed by atoms with Crippen LogP contribution in [0, 0.1) is 0 Å². The van der Waals surface area contributed by atoms with Crippen LogP contribution in [0.25, 0.3) is 0 Å². The average molecular weight is 203 g/mol. The summed E-state index contributed by atoms with van der Waals surface area (Å²) in [6.45, 7) is 0.990. The van der Waals surface area contributed by atoms with Crippen LogP contribution in [0.2, 0.25) is 0 Å². The zero-order valence-electron chi connectivity index (χ0n) is 2.74. The van der Waals surface area contributed by atoms with Gasteiger partial charge in [0, 0.05) is 35.2 Å². The Balaban J connectivity index is 2.19. The number of nitrogens with one attached hydrogen (secondary N) is 1. The molecule has 0 spiro atoms. The van der Waals surface area contributed by atoms with Crippen LogP contribution in [-0.2, 0) is 0 Å². The van der Waals surface area contributed by atoms with E-state index in [2.05, 4.69) is 39.0 Å². The van der Waals surface area contributed by atoms with Crippen LogP contribution in [0.4, 0.5) is 0 Å². The molecule has 0 aliphatic rings. The highest BCUT2D eigenvalue weighted by atomic mass is 127. The highest BCUT2D eigenvalue weighted by Gasteiger charge is 1.67. The molecule has 32 valence electrons. The van der Waals surface area contributed by atoms with Crippen LogP contribution < -0.4 is 3.53 Å². The highest BCUT2D eigenvalue weighted by molar-refractivity contribution is 14.1. The molecule has 3 heteroatoms. The zero-order chi connectivity index (χ0) is 4.12. The molecule has 0 aromatic carbocycles. The Hall–Kier alpha value is 1.04. The van der Waals surface area contributed by atoms with Crippen molar-refractivity contribution in [2.75, 3.05) is 12.3 Å². The first-order valence-corrected chi connectivity index (χ1v) is 3.07. The van der Waals surface area contributed by atoms with Crippen molar-refractivity contribution >= 4 is 35.5 Å². The van der Waals surface area contributed by atoms with E-state index in [1.54, 1.807) is 0 Å². The van der Waals surface area contributed by atoms with E-state index in [0.717, 1.165) is 12.3 Å². The summed E-state index contributed by atoms with van der Waals surface area (Å²) in [5.41, 5.74) is 0. The third-order valence-corrected chi connectivity index (χ3v) is 0.969. The Bertz CT molecular complexity index is 17.1. The van der Waals surface area contributed by atoms with E-state index in [1.165, 1.54) is 0 Å². The molecule has 0 unspecified atom stereocenters. The fraction of sp³-hybridized carbons (Fsp3) is 1.00. The van der Waals surface area contributed by atoms with E-state index < -0.39 is 0 Å². The SMILES string of the molecule is SCCNI. The van der Waals surface area contributed by atoms with Gasteiger partial charge in [-0.1, -0.05) is 0 Å². The number of thiol groups is 1. The van der Waals surface area contributed by atoms with E-state index in [-0.39, 0.29) is 0 Å². The van der Waals surface area contributed by atoms with Gasteiger partial charge in [-0.2, -0.15) is 12.6 Å². The van der Waals surface area contributed by atoms with Gasteiger partial charge in [0.05, 0.1) is 0 Å². The molecule has 1 N–H and O–H groups in total. The van der Waals surface area contributed by atoms with Gasteiger partial charge in [-0.15, -0.1) is 0 Å². The molecule has 0 aliphatic carbocycles. The van der Waals surface area contributed by atoms with Gasteiger partial charge in [-0.05, 0) is 0 Å². The van der Waals surface area contributed by atoms with Crippen molar-refractivity contribution in [3.05, 3.63) is 0 Å². The molecule has 0 aromatic heterocycles. The molecule has 0 amide bonds. The van der Waals surface area contributed by atoms with Crippen LogP contribution >= 0.6 is 35.5 Å². The van der Waals surface area contributed by atoms with Crippen molar-refractivity contribution in [2.24, 2.45) is 0 Å². The molecule has 0 rings (SSSR count). The Morgan fingerprint density at radius 1 is 1.80 bits per heavy atom. The van der Waals surface area contributed by atoms with Crippen molar-refractivity contribution in [2.45, 2.75) is 0 Å². The molecular formula is C2H6INS. The van der Waals surface area contributed by atoms with Gasteiger partial charge in [-0.25, -0.2) is 0 Å². The predicted octanol–water partition coefficient (Wildman–Crippen LogP) is 0.856. The van der Waals surface area contributed by atoms with Crippen molar-refractivity contribution in [1.82, 2.24) is 3.53 Å². The molecule has 5 heavy (non-hydrogen) atoms. The summed E-state index contributed by atoms with van der Waals surface area (Å²) in [6.07, 6.45) is 0. The van der Waals surface area contributed by atoms with Gasteiger partial charge >= 0.3 is 0 Å². The lowest BCUT2D eigenvalue weighted by molar-refractivity contribution is 1.09. The second kappa shape index (κ2) is 5.04. The molecule has 0 aliphatic heterocycles. The lowest BCUT2D eigenvalue weighted by Gasteiger charge is -1.81. The standard InChI is InChI=1S/C2H6INS/c3-4-1-2-5/h4-5H,1-2H2. The van der Waals surface area contributed by atoms with Gasteiger partial charge in [0.25, 0.3) is 0 Å². The quantitative estimate of drug-likeness (QED) is 0.385. The summed E-state index contributed by atoms with van der Waals surface area (Å²) >= 11 is 6.02. The highest BCUT2D eigenvalue weighted by Crippen LogP contribution is 1.70. The van der Waals surface area contributed by atoms with Crippen molar-refractivity contribution < 1.29 is 0 Å². The van der Waals surface area contributed by atoms with Crippen LogP contribution in [0.5, 0.6) is 0 Å². The second-order valence-electron chi connectivity index (χ2n) is 0.607. The van der Waals surface area contributed by atoms with Crippen molar-refractivity contribution in [3.63, 3.8) is 0 Å². The number of rotatable bonds is 2. The summed E-state index contributed by atoms with van der Waals surface area (Å²) in [6, 6.07) is 0. The van der Waals surface area contributed by atoms with E-state index in [0.29, 0.717) is 0 Å². The summed E-state index contributed by atoms with van der Waals surface area (Å²) in [5.74, 6) is 0.920. The normalized spacial score (nSPS) is 8.40. The van der Waals surface area contributed by atoms with E-state index in [1.807, 2.05) is 0 Å². The van der Waals surface area contributed by atoms with Gasteiger partial charge in [0.2, 0.25) is 0 Å². The van der Waals surface area contributed by atoms with E-state index in [4.69, 9.17) is 0 Å². The molecular weight excluding hydrogens is 197 g/mol. The smallest absolute Gasteiger partial charge is 0.0169 e. The first-order chi connectivity index (χ1) is 2.41. The van der Waals surface area contributed by atoms with Gasteiger partial charge in [0.1, 0.15) is 0 Å². The Labute approximate surface area is 51.4 Å². The minimum Gasteiger partial charge on any atom is -0.260 e. The zero-order valence-corrected chi connectivity index (χ0v) is 5.79. The number of hydrogen-bond donors (Lipinski definition) is 2. The van der Waals surface area contributed by atoms with Crippen LogP contribution in [0.1, 0.15) is 0 Å². The fourth-order valence-electron chi connectivity index (χ4n) is 0.0423. The lowest BCUT2D eigenvalue weighted by atomic mass is 10.8. The monoisotopic (exact) mass is 203 g/mol. The summed E-state index contributed by atoms with van der Waals surface area (Å²) in [7, 11) is 0. The Morgan fingerprint density at radius 3 is 2.40 bits per heavy atom. The molecule has 0 fully saturated rings. The summed E-state index contributed by atoms with van der Waals surface area (Å²) in [4.78, 5) is 0. The Morgan fingerprint density at radius 2 is 2.40 bits per heavy atom. The third-order valence-electron chi connectivity index (χ3n) is 0.206. The largest absolute Gasteiger partial charge is 0.260 e. The Kier molecular flexibility index (Phi) is 6.09. The van der Waals surface area contributed by atoms with Crippen molar-refractivity contribution in [3.8, 4) is 0 Å². The first-order valence-electron chi connectivity index (χ1n) is 1.36. The molecule has 0 aromatic rings. The van der Waals surface area contributed by atoms with Gasteiger partial charge in [0.15, 0.2) is 0 Å². The maximum absolute atomic E-state index is 3.93. The predicted molar refractivity (Wildman–Crippen MR) is 35.9 cm³/mol. The maximum Gasteiger partial charge on any atom is 0.0169 e. The minimum atomic E-state index is 0.920. The molecule has 0 heterocycles.